The number of aliphatic carboxylic acids is 1. The average molecular weight is 380 g/mol. The van der Waals surface area contributed by atoms with Crippen LogP contribution in [0.4, 0.5) is 0 Å². The number of carboxylic acids is 1. The van der Waals surface area contributed by atoms with Gasteiger partial charge in [0.05, 0.1) is 26.7 Å². The number of nitrogens with one attached hydrogen (secondary N) is 2. The van der Waals surface area contributed by atoms with Gasteiger partial charge in [0.25, 0.3) is 0 Å². The van der Waals surface area contributed by atoms with Crippen molar-refractivity contribution in [2.75, 3.05) is 20.8 Å². The van der Waals surface area contributed by atoms with Gasteiger partial charge in [-0.2, -0.15) is 0 Å². The van der Waals surface area contributed by atoms with Crippen molar-refractivity contribution in [2.45, 2.75) is 39.7 Å². The molecule has 0 aliphatic heterocycles. The van der Waals surface area contributed by atoms with Crippen molar-refractivity contribution in [3.63, 3.8) is 0 Å². The number of rotatable bonds is 9. The Morgan fingerprint density at radius 2 is 1.74 bits per heavy atom. The van der Waals surface area contributed by atoms with Crippen LogP contribution in [0, 0.1) is 5.41 Å². The first-order chi connectivity index (χ1) is 12.6. The molecule has 1 aromatic carbocycles. The molecule has 1 rings (SSSR count). The van der Waals surface area contributed by atoms with Crippen LogP contribution in [0.15, 0.2) is 18.2 Å². The highest BCUT2D eigenvalue weighted by molar-refractivity contribution is 5.82. The van der Waals surface area contributed by atoms with Crippen molar-refractivity contribution in [2.24, 2.45) is 5.41 Å². The number of hydrogen-bond donors (Lipinski definition) is 3. The van der Waals surface area contributed by atoms with E-state index in [0.29, 0.717) is 17.1 Å². The first kappa shape index (κ1) is 22.3. The quantitative estimate of drug-likeness (QED) is 0.603. The van der Waals surface area contributed by atoms with E-state index in [4.69, 9.17) is 14.6 Å². The Morgan fingerprint density at radius 1 is 1.11 bits per heavy atom. The van der Waals surface area contributed by atoms with Gasteiger partial charge < -0.3 is 25.2 Å². The summed E-state index contributed by atoms with van der Waals surface area (Å²) < 4.78 is 10.4. The summed E-state index contributed by atoms with van der Waals surface area (Å²) in [6.07, 6.45) is -0.235. The predicted molar refractivity (Wildman–Crippen MR) is 99.8 cm³/mol. The van der Waals surface area contributed by atoms with Gasteiger partial charge in [-0.05, 0) is 17.7 Å². The van der Waals surface area contributed by atoms with Gasteiger partial charge >= 0.3 is 5.97 Å². The van der Waals surface area contributed by atoms with E-state index in [1.165, 1.54) is 14.2 Å². The SMILES string of the molecule is COc1ccc(C(CC(=O)O)NC(=O)CCNC(=O)C(C)(C)C)cc1OC. The monoisotopic (exact) mass is 380 g/mol. The minimum Gasteiger partial charge on any atom is -0.493 e. The summed E-state index contributed by atoms with van der Waals surface area (Å²) in [6, 6.07) is 4.23. The Morgan fingerprint density at radius 3 is 2.26 bits per heavy atom. The third-order valence-electron chi connectivity index (χ3n) is 3.84. The first-order valence-electron chi connectivity index (χ1n) is 8.60. The van der Waals surface area contributed by atoms with Gasteiger partial charge in [0.15, 0.2) is 11.5 Å². The van der Waals surface area contributed by atoms with Gasteiger partial charge in [-0.15, -0.1) is 0 Å². The Labute approximate surface area is 159 Å². The number of carbonyl (C=O) groups excluding carboxylic acids is 2. The molecule has 0 saturated carbocycles. The van der Waals surface area contributed by atoms with Crippen LogP contribution in [-0.2, 0) is 14.4 Å². The minimum absolute atomic E-state index is 0.0469. The van der Waals surface area contributed by atoms with Crippen LogP contribution in [0.3, 0.4) is 0 Å². The lowest BCUT2D eigenvalue weighted by Gasteiger charge is -2.20. The fourth-order valence-corrected chi connectivity index (χ4v) is 2.32. The lowest BCUT2D eigenvalue weighted by atomic mass is 9.96. The maximum atomic E-state index is 12.2. The van der Waals surface area contributed by atoms with Gasteiger partial charge in [0.1, 0.15) is 0 Å². The maximum absolute atomic E-state index is 12.2. The smallest absolute Gasteiger partial charge is 0.305 e. The second-order valence-electron chi connectivity index (χ2n) is 7.09. The minimum atomic E-state index is -1.05. The van der Waals surface area contributed by atoms with E-state index in [2.05, 4.69) is 10.6 Å². The number of carbonyl (C=O) groups is 3. The summed E-state index contributed by atoms with van der Waals surface area (Å²) in [5, 5.41) is 14.5. The third kappa shape index (κ3) is 7.16. The van der Waals surface area contributed by atoms with Gasteiger partial charge in [0.2, 0.25) is 11.8 Å². The summed E-state index contributed by atoms with van der Waals surface area (Å²) in [5.74, 6) is -0.609. The number of amides is 2. The summed E-state index contributed by atoms with van der Waals surface area (Å²) in [7, 11) is 2.98. The molecule has 0 radical (unpaired) electrons. The van der Waals surface area contributed by atoms with E-state index in [1.807, 2.05) is 0 Å². The summed E-state index contributed by atoms with van der Waals surface area (Å²) in [6.45, 7) is 5.51. The zero-order valence-corrected chi connectivity index (χ0v) is 16.4. The highest BCUT2D eigenvalue weighted by Gasteiger charge is 2.22. The van der Waals surface area contributed by atoms with Crippen LogP contribution in [0.25, 0.3) is 0 Å². The van der Waals surface area contributed by atoms with Crippen molar-refractivity contribution in [1.29, 1.82) is 0 Å². The molecule has 1 aromatic rings. The largest absolute Gasteiger partial charge is 0.493 e. The molecule has 3 N–H and O–H groups in total. The molecule has 0 bridgehead atoms. The Kier molecular flexibility index (Phi) is 8.08. The molecule has 0 heterocycles. The van der Waals surface area contributed by atoms with E-state index >= 15 is 0 Å². The molecular weight excluding hydrogens is 352 g/mol. The zero-order chi connectivity index (χ0) is 20.6. The van der Waals surface area contributed by atoms with E-state index in [1.54, 1.807) is 39.0 Å². The van der Waals surface area contributed by atoms with E-state index in [9.17, 15) is 14.4 Å². The van der Waals surface area contributed by atoms with Crippen LogP contribution in [0.5, 0.6) is 11.5 Å². The topological polar surface area (TPSA) is 114 Å². The molecule has 0 fully saturated rings. The normalized spacial score (nSPS) is 12.0. The number of benzene rings is 1. The summed E-state index contributed by atoms with van der Waals surface area (Å²) in [4.78, 5) is 35.2. The predicted octanol–water partition coefficient (Wildman–Crippen LogP) is 1.89. The molecule has 0 aliphatic rings. The zero-order valence-electron chi connectivity index (χ0n) is 16.4. The van der Waals surface area contributed by atoms with Gasteiger partial charge in [0, 0.05) is 18.4 Å². The molecule has 1 unspecified atom stereocenters. The Hall–Kier alpha value is -2.77. The molecule has 0 saturated heterocycles. The molecular formula is C19H28N2O6. The number of hydrogen-bond acceptors (Lipinski definition) is 5. The first-order valence-corrected chi connectivity index (χ1v) is 8.60. The number of carboxylic acid groups (broad SMARTS) is 1. The van der Waals surface area contributed by atoms with Gasteiger partial charge in [-0.3, -0.25) is 14.4 Å². The van der Waals surface area contributed by atoms with Crippen molar-refractivity contribution in [3.8, 4) is 11.5 Å². The molecule has 150 valence electrons. The van der Waals surface area contributed by atoms with Crippen molar-refractivity contribution < 1.29 is 29.0 Å². The van der Waals surface area contributed by atoms with Crippen molar-refractivity contribution >= 4 is 17.8 Å². The molecule has 1 atom stereocenters. The van der Waals surface area contributed by atoms with Crippen molar-refractivity contribution in [3.05, 3.63) is 23.8 Å². The number of ether oxygens (including phenoxy) is 2. The lowest BCUT2D eigenvalue weighted by molar-refractivity contribution is -0.137. The standard InChI is InChI=1S/C19H28N2O6/c1-19(2,3)18(25)20-9-8-16(22)21-13(11-17(23)24)12-6-7-14(26-4)15(10-12)27-5/h6-7,10,13H,8-9,11H2,1-5H3,(H,20,25)(H,21,22)(H,23,24). The van der Waals surface area contributed by atoms with E-state index < -0.39 is 17.4 Å². The van der Waals surface area contributed by atoms with Crippen molar-refractivity contribution in [1.82, 2.24) is 10.6 Å². The lowest BCUT2D eigenvalue weighted by Crippen LogP contribution is -2.38. The fourth-order valence-electron chi connectivity index (χ4n) is 2.32. The van der Waals surface area contributed by atoms with E-state index in [0.717, 1.165) is 0 Å². The van der Waals surface area contributed by atoms with Crippen LogP contribution in [-0.4, -0.2) is 43.7 Å². The van der Waals surface area contributed by atoms with Crippen LogP contribution < -0.4 is 20.1 Å². The highest BCUT2D eigenvalue weighted by Crippen LogP contribution is 2.31. The highest BCUT2D eigenvalue weighted by atomic mass is 16.5. The summed E-state index contributed by atoms with van der Waals surface area (Å²) in [5.41, 5.74) is 0.0456. The van der Waals surface area contributed by atoms with Gasteiger partial charge in [-0.1, -0.05) is 26.8 Å². The molecule has 8 heteroatoms. The molecule has 0 spiro atoms. The Bertz CT molecular complexity index is 681. The van der Waals surface area contributed by atoms with Crippen LogP contribution in [0.1, 0.15) is 45.2 Å². The molecule has 0 aliphatic carbocycles. The molecule has 2 amide bonds. The molecule has 0 aromatic heterocycles. The Balaban J connectivity index is 2.79. The molecule has 27 heavy (non-hydrogen) atoms. The van der Waals surface area contributed by atoms with E-state index in [-0.39, 0.29) is 31.2 Å². The van der Waals surface area contributed by atoms with Gasteiger partial charge in [-0.25, -0.2) is 0 Å². The summed E-state index contributed by atoms with van der Waals surface area (Å²) >= 11 is 0. The van der Waals surface area contributed by atoms with Crippen LogP contribution in [0.2, 0.25) is 0 Å². The maximum Gasteiger partial charge on any atom is 0.305 e. The second kappa shape index (κ2) is 9.80. The molecule has 8 nitrogen and oxygen atoms in total. The number of methoxy groups -OCH3 is 2. The van der Waals surface area contributed by atoms with Crippen LogP contribution >= 0.6 is 0 Å². The third-order valence-corrected chi connectivity index (χ3v) is 3.84. The fraction of sp³-hybridized carbons (Fsp3) is 0.526. The average Bonchev–Trinajstić information content (AvgIpc) is 2.59. The second-order valence-corrected chi connectivity index (χ2v) is 7.09.